The summed E-state index contributed by atoms with van der Waals surface area (Å²) in [5, 5.41) is 4.35. The Morgan fingerprint density at radius 1 is 1.29 bits per heavy atom. The van der Waals surface area contributed by atoms with Gasteiger partial charge in [0.1, 0.15) is 5.69 Å². The van der Waals surface area contributed by atoms with Gasteiger partial charge >= 0.3 is 0 Å². The van der Waals surface area contributed by atoms with E-state index in [1.54, 1.807) is 6.20 Å². The molecule has 0 saturated carbocycles. The quantitative estimate of drug-likeness (QED) is 0.669. The van der Waals surface area contributed by atoms with Crippen LogP contribution in [0.1, 0.15) is 37.2 Å². The van der Waals surface area contributed by atoms with Crippen LogP contribution in [0.25, 0.3) is 0 Å². The largest absolute Gasteiger partial charge is 0.308 e. The molecule has 0 unspecified atom stereocenters. The average Bonchev–Trinajstić information content (AvgIpc) is 2.78. The maximum atomic E-state index is 13.2. The molecule has 0 spiro atoms. The minimum atomic E-state index is -0.474. The molecule has 6 heteroatoms. The molecule has 1 aromatic rings. The van der Waals surface area contributed by atoms with Crippen LogP contribution < -0.4 is 0 Å². The minimum Gasteiger partial charge on any atom is -0.308 e. The summed E-state index contributed by atoms with van der Waals surface area (Å²) in [6, 6.07) is 0. The Morgan fingerprint density at radius 3 is 2.29 bits per heavy atom. The van der Waals surface area contributed by atoms with Crippen LogP contribution in [0.5, 0.6) is 0 Å². The Balaban J connectivity index is 3.19. The predicted octanol–water partition coefficient (Wildman–Crippen LogP) is 2.51. The maximum Gasteiger partial charge on any atom is 0.202 e. The molecule has 0 aromatic carbocycles. The molecule has 0 saturated heterocycles. The normalized spacial score (nSPS) is 12.4. The molecule has 0 amide bonds. The van der Waals surface area contributed by atoms with Crippen molar-refractivity contribution in [3.63, 3.8) is 0 Å². The summed E-state index contributed by atoms with van der Waals surface area (Å²) in [6.07, 6.45) is 3.27. The number of nitrogens with zero attached hydrogens (tertiary/aromatic N) is 4. The van der Waals surface area contributed by atoms with Gasteiger partial charge < -0.3 is 4.90 Å². The number of halogens is 1. The first-order valence-corrected chi connectivity index (χ1v) is 8.17. The second kappa shape index (κ2) is 7.51. The van der Waals surface area contributed by atoms with Gasteiger partial charge in [0.25, 0.3) is 0 Å². The first-order valence-electron chi connectivity index (χ1n) is 7.38. The van der Waals surface area contributed by atoms with Gasteiger partial charge in [-0.2, -0.15) is 5.10 Å². The lowest BCUT2D eigenvalue weighted by molar-refractivity contribution is 0.0642. The van der Waals surface area contributed by atoms with E-state index in [-0.39, 0.29) is 5.78 Å². The predicted molar refractivity (Wildman–Crippen MR) is 89.8 cm³/mol. The molecule has 0 aliphatic carbocycles. The van der Waals surface area contributed by atoms with Gasteiger partial charge in [-0.15, -0.1) is 0 Å². The molecule has 1 aromatic heterocycles. The Morgan fingerprint density at radius 2 is 1.86 bits per heavy atom. The van der Waals surface area contributed by atoms with E-state index < -0.39 is 5.54 Å². The van der Waals surface area contributed by atoms with Crippen LogP contribution in [0.4, 0.5) is 0 Å². The highest BCUT2D eigenvalue weighted by molar-refractivity contribution is 9.10. The molecule has 0 radical (unpaired) electrons. The van der Waals surface area contributed by atoms with Crippen molar-refractivity contribution in [3.8, 4) is 0 Å². The fourth-order valence-electron chi connectivity index (χ4n) is 2.68. The van der Waals surface area contributed by atoms with Crippen molar-refractivity contribution in [2.45, 2.75) is 38.8 Å². The highest BCUT2D eigenvalue weighted by Crippen LogP contribution is 2.29. The van der Waals surface area contributed by atoms with Crippen LogP contribution >= 0.6 is 15.9 Å². The van der Waals surface area contributed by atoms with Crippen LogP contribution in [0.15, 0.2) is 10.7 Å². The molecule has 0 fully saturated rings. The molecule has 0 atom stereocenters. The number of hydrogen-bond donors (Lipinski definition) is 0. The Labute approximate surface area is 136 Å². The van der Waals surface area contributed by atoms with Crippen molar-refractivity contribution < 1.29 is 4.79 Å². The van der Waals surface area contributed by atoms with Gasteiger partial charge in [0, 0.05) is 6.54 Å². The monoisotopic (exact) mass is 358 g/mol. The summed E-state index contributed by atoms with van der Waals surface area (Å²) in [4.78, 5) is 17.3. The molecule has 0 aliphatic rings. The van der Waals surface area contributed by atoms with E-state index in [0.29, 0.717) is 12.2 Å². The van der Waals surface area contributed by atoms with Crippen molar-refractivity contribution in [2.75, 3.05) is 34.7 Å². The SMILES string of the molecule is CCC(CC)(C(=O)c1c(Br)cnn1CCN(C)C)N(C)C. The number of hydrogen-bond acceptors (Lipinski definition) is 4. The smallest absolute Gasteiger partial charge is 0.202 e. The third-order valence-electron chi connectivity index (χ3n) is 4.22. The summed E-state index contributed by atoms with van der Waals surface area (Å²) in [7, 11) is 7.98. The summed E-state index contributed by atoms with van der Waals surface area (Å²) in [6.45, 7) is 5.68. The number of Topliss-reactive ketones (excluding diaryl/α,β-unsaturated/α-hetero) is 1. The zero-order valence-electron chi connectivity index (χ0n) is 14.0. The third kappa shape index (κ3) is 3.73. The van der Waals surface area contributed by atoms with Crippen LogP contribution in [0.3, 0.4) is 0 Å². The molecule has 0 aliphatic heterocycles. The van der Waals surface area contributed by atoms with Crippen molar-refractivity contribution >= 4 is 21.7 Å². The molecular weight excluding hydrogens is 332 g/mol. The zero-order chi connectivity index (χ0) is 16.2. The minimum absolute atomic E-state index is 0.139. The van der Waals surface area contributed by atoms with E-state index in [9.17, 15) is 4.79 Å². The van der Waals surface area contributed by atoms with Crippen molar-refractivity contribution in [1.82, 2.24) is 19.6 Å². The summed E-state index contributed by atoms with van der Waals surface area (Å²) in [5.41, 5.74) is 0.201. The number of likely N-dealkylation sites (N-methyl/N-ethyl adjacent to an activating group) is 2. The first kappa shape index (κ1) is 18.3. The highest BCUT2D eigenvalue weighted by Gasteiger charge is 2.40. The molecule has 0 N–H and O–H groups in total. The van der Waals surface area contributed by atoms with E-state index in [1.165, 1.54) is 0 Å². The van der Waals surface area contributed by atoms with Gasteiger partial charge in [0.05, 0.1) is 22.8 Å². The van der Waals surface area contributed by atoms with Crippen LogP contribution in [-0.2, 0) is 6.54 Å². The molecular formula is C15H27BrN4O. The number of aromatic nitrogens is 2. The summed E-state index contributed by atoms with van der Waals surface area (Å²) >= 11 is 3.49. The van der Waals surface area contributed by atoms with E-state index >= 15 is 0 Å². The number of carbonyl (C=O) groups is 1. The Bertz CT molecular complexity index is 478. The topological polar surface area (TPSA) is 41.4 Å². The molecule has 5 nitrogen and oxygen atoms in total. The second-order valence-electron chi connectivity index (χ2n) is 5.83. The zero-order valence-corrected chi connectivity index (χ0v) is 15.6. The van der Waals surface area contributed by atoms with E-state index in [1.807, 2.05) is 37.8 Å². The first-order chi connectivity index (χ1) is 9.80. The molecule has 0 bridgehead atoms. The third-order valence-corrected chi connectivity index (χ3v) is 4.80. The van der Waals surface area contributed by atoms with Crippen LogP contribution in [-0.4, -0.2) is 65.6 Å². The average molecular weight is 359 g/mol. The van der Waals surface area contributed by atoms with Gasteiger partial charge in [-0.3, -0.25) is 14.4 Å². The van der Waals surface area contributed by atoms with E-state index in [4.69, 9.17) is 0 Å². The van der Waals surface area contributed by atoms with Gasteiger partial charge in [-0.1, -0.05) is 13.8 Å². The van der Waals surface area contributed by atoms with Gasteiger partial charge in [-0.05, 0) is 57.0 Å². The molecule has 1 rings (SSSR count). The van der Waals surface area contributed by atoms with E-state index in [2.05, 4.69) is 39.8 Å². The summed E-state index contributed by atoms with van der Waals surface area (Å²) in [5.74, 6) is 0.139. The van der Waals surface area contributed by atoms with Gasteiger partial charge in [0.2, 0.25) is 5.78 Å². The van der Waals surface area contributed by atoms with Gasteiger partial charge in [-0.25, -0.2) is 0 Å². The molecule has 1 heterocycles. The maximum absolute atomic E-state index is 13.2. The van der Waals surface area contributed by atoms with Gasteiger partial charge in [0.15, 0.2) is 0 Å². The van der Waals surface area contributed by atoms with E-state index in [0.717, 1.165) is 23.9 Å². The number of carbonyl (C=O) groups excluding carboxylic acids is 1. The highest BCUT2D eigenvalue weighted by atomic mass is 79.9. The Hall–Kier alpha value is -0.720. The fraction of sp³-hybridized carbons (Fsp3) is 0.733. The number of rotatable bonds is 8. The molecule has 120 valence electrons. The lowest BCUT2D eigenvalue weighted by atomic mass is 9.85. The van der Waals surface area contributed by atoms with Crippen LogP contribution in [0.2, 0.25) is 0 Å². The van der Waals surface area contributed by atoms with Crippen molar-refractivity contribution in [2.24, 2.45) is 0 Å². The van der Waals surface area contributed by atoms with Crippen molar-refractivity contribution in [1.29, 1.82) is 0 Å². The lowest BCUT2D eigenvalue weighted by Crippen LogP contribution is -2.51. The molecule has 21 heavy (non-hydrogen) atoms. The standard InChI is InChI=1S/C15H27BrN4O/c1-7-15(8-2,19(5)6)14(21)13-12(16)11-17-20(13)10-9-18(3)4/h11H,7-10H2,1-6H3. The van der Waals surface area contributed by atoms with Crippen LogP contribution in [0, 0.1) is 0 Å². The fourth-order valence-corrected chi connectivity index (χ4v) is 3.16. The van der Waals surface area contributed by atoms with Crippen molar-refractivity contribution in [3.05, 3.63) is 16.4 Å². The Kier molecular flexibility index (Phi) is 6.56. The number of ketones is 1. The second-order valence-corrected chi connectivity index (χ2v) is 6.68. The lowest BCUT2D eigenvalue weighted by Gasteiger charge is -2.37. The summed E-state index contributed by atoms with van der Waals surface area (Å²) < 4.78 is 2.59.